The van der Waals surface area contributed by atoms with Crippen LogP contribution >= 0.6 is 0 Å². The van der Waals surface area contributed by atoms with Crippen molar-refractivity contribution in [2.45, 2.75) is 31.1 Å². The molecule has 124 valence electrons. The molecule has 0 bridgehead atoms. The molecule has 22 heavy (non-hydrogen) atoms. The van der Waals surface area contributed by atoms with E-state index < -0.39 is 15.9 Å². The summed E-state index contributed by atoms with van der Waals surface area (Å²) >= 11 is 0. The molecule has 0 heterocycles. The monoisotopic (exact) mass is 328 g/mol. The lowest BCUT2D eigenvalue weighted by atomic mass is 9.87. The predicted molar refractivity (Wildman–Crippen MR) is 85.2 cm³/mol. The second kappa shape index (κ2) is 7.71. The number of carbonyl (C=O) groups is 1. The van der Waals surface area contributed by atoms with Gasteiger partial charge in [-0.1, -0.05) is 32.9 Å². The summed E-state index contributed by atoms with van der Waals surface area (Å²) in [6.45, 7) is 6.59. The number of benzene rings is 1. The zero-order chi connectivity index (χ0) is 16.8. The zero-order valence-electron chi connectivity index (χ0n) is 13.5. The Morgan fingerprint density at radius 3 is 2.27 bits per heavy atom. The Morgan fingerprint density at radius 2 is 1.77 bits per heavy atom. The quantitative estimate of drug-likeness (QED) is 0.732. The van der Waals surface area contributed by atoms with Crippen LogP contribution in [0.5, 0.6) is 0 Å². The number of hydrogen-bond acceptors (Lipinski definition) is 4. The topological polar surface area (TPSA) is 84.5 Å². The Hall–Kier alpha value is -1.44. The number of methoxy groups -OCH3 is 1. The Bertz CT molecular complexity index is 589. The molecule has 0 aliphatic carbocycles. The third-order valence-corrected chi connectivity index (χ3v) is 4.50. The van der Waals surface area contributed by atoms with Crippen LogP contribution in [0.2, 0.25) is 0 Å². The minimum Gasteiger partial charge on any atom is -0.383 e. The lowest BCUT2D eigenvalue weighted by molar-refractivity contribution is -0.120. The smallest absolute Gasteiger partial charge is 0.241 e. The molecule has 0 radical (unpaired) electrons. The highest BCUT2D eigenvalue weighted by Crippen LogP contribution is 2.23. The van der Waals surface area contributed by atoms with Crippen molar-refractivity contribution in [2.75, 3.05) is 26.8 Å². The van der Waals surface area contributed by atoms with Gasteiger partial charge in [-0.3, -0.25) is 4.79 Å². The Labute approximate surface area is 132 Å². The van der Waals surface area contributed by atoms with Crippen molar-refractivity contribution in [1.29, 1.82) is 0 Å². The normalized spacial score (nSPS) is 12.2. The summed E-state index contributed by atoms with van der Waals surface area (Å²) in [6, 6.07) is 6.66. The molecular formula is C15H24N2O4S. The van der Waals surface area contributed by atoms with Crippen LogP contribution in [0.1, 0.15) is 26.3 Å². The van der Waals surface area contributed by atoms with Crippen LogP contribution in [-0.4, -0.2) is 41.1 Å². The largest absolute Gasteiger partial charge is 0.383 e. The fourth-order valence-corrected chi connectivity index (χ4v) is 2.72. The van der Waals surface area contributed by atoms with E-state index >= 15 is 0 Å². The molecule has 0 unspecified atom stereocenters. The molecule has 0 saturated heterocycles. The van der Waals surface area contributed by atoms with Gasteiger partial charge in [-0.2, -0.15) is 0 Å². The van der Waals surface area contributed by atoms with Crippen LogP contribution in [0.15, 0.2) is 29.2 Å². The van der Waals surface area contributed by atoms with Gasteiger partial charge in [0.25, 0.3) is 0 Å². The first-order valence-electron chi connectivity index (χ1n) is 7.02. The molecule has 0 aliphatic rings. The van der Waals surface area contributed by atoms with Crippen LogP contribution in [0.4, 0.5) is 0 Å². The second-order valence-electron chi connectivity index (χ2n) is 5.94. The maximum atomic E-state index is 12.1. The SMILES string of the molecule is COCCNC(=O)CNS(=O)(=O)c1ccc(C(C)(C)C)cc1. The molecule has 1 amide bonds. The Balaban J connectivity index is 2.65. The predicted octanol–water partition coefficient (Wildman–Crippen LogP) is 1.03. The van der Waals surface area contributed by atoms with Gasteiger partial charge in [0.15, 0.2) is 0 Å². The zero-order valence-corrected chi connectivity index (χ0v) is 14.3. The first-order chi connectivity index (χ1) is 10.2. The number of hydrogen-bond donors (Lipinski definition) is 2. The summed E-state index contributed by atoms with van der Waals surface area (Å²) in [7, 11) is -2.17. The lowest BCUT2D eigenvalue weighted by Crippen LogP contribution is -2.38. The first-order valence-corrected chi connectivity index (χ1v) is 8.51. The third kappa shape index (κ3) is 5.75. The van der Waals surface area contributed by atoms with E-state index in [1.165, 1.54) is 7.11 Å². The molecule has 0 aromatic heterocycles. The van der Waals surface area contributed by atoms with E-state index in [0.29, 0.717) is 13.2 Å². The maximum absolute atomic E-state index is 12.1. The number of carbonyl (C=O) groups excluding carboxylic acids is 1. The molecule has 1 rings (SSSR count). The average Bonchev–Trinajstić information content (AvgIpc) is 2.45. The van der Waals surface area contributed by atoms with E-state index in [9.17, 15) is 13.2 Å². The van der Waals surface area contributed by atoms with Crippen molar-refractivity contribution in [3.8, 4) is 0 Å². The highest BCUT2D eigenvalue weighted by Gasteiger charge is 2.18. The first kappa shape index (κ1) is 18.6. The van der Waals surface area contributed by atoms with Crippen molar-refractivity contribution < 1.29 is 17.9 Å². The highest BCUT2D eigenvalue weighted by atomic mass is 32.2. The summed E-state index contributed by atoms with van der Waals surface area (Å²) < 4.78 is 31.3. The summed E-state index contributed by atoms with van der Waals surface area (Å²) in [5.74, 6) is -0.396. The summed E-state index contributed by atoms with van der Waals surface area (Å²) in [6.07, 6.45) is 0. The van der Waals surface area contributed by atoms with E-state index in [4.69, 9.17) is 4.74 Å². The minimum atomic E-state index is -3.69. The maximum Gasteiger partial charge on any atom is 0.241 e. The van der Waals surface area contributed by atoms with Gasteiger partial charge in [-0.25, -0.2) is 13.1 Å². The molecule has 1 aromatic rings. The average molecular weight is 328 g/mol. The van der Waals surface area contributed by atoms with Crippen molar-refractivity contribution in [2.24, 2.45) is 0 Å². The number of ether oxygens (including phenoxy) is 1. The summed E-state index contributed by atoms with van der Waals surface area (Å²) in [5.41, 5.74) is 1.00. The van der Waals surface area contributed by atoms with Crippen LogP contribution < -0.4 is 10.0 Å². The van der Waals surface area contributed by atoms with Crippen LogP contribution in [-0.2, 0) is 25.0 Å². The fraction of sp³-hybridized carbons (Fsp3) is 0.533. The molecule has 7 heteroatoms. The van der Waals surface area contributed by atoms with Gasteiger partial charge in [-0.05, 0) is 23.1 Å². The van der Waals surface area contributed by atoms with Gasteiger partial charge in [-0.15, -0.1) is 0 Å². The van der Waals surface area contributed by atoms with Crippen LogP contribution in [0.25, 0.3) is 0 Å². The van der Waals surface area contributed by atoms with E-state index in [0.717, 1.165) is 5.56 Å². The molecule has 1 aromatic carbocycles. The van der Waals surface area contributed by atoms with Gasteiger partial charge in [0.1, 0.15) is 0 Å². The van der Waals surface area contributed by atoms with Gasteiger partial charge in [0.05, 0.1) is 18.0 Å². The van der Waals surface area contributed by atoms with Crippen molar-refractivity contribution in [1.82, 2.24) is 10.0 Å². The summed E-state index contributed by atoms with van der Waals surface area (Å²) in [4.78, 5) is 11.6. The van der Waals surface area contributed by atoms with Crippen molar-refractivity contribution in [3.63, 3.8) is 0 Å². The van der Waals surface area contributed by atoms with Crippen LogP contribution in [0, 0.1) is 0 Å². The number of rotatable bonds is 7. The molecular weight excluding hydrogens is 304 g/mol. The molecule has 0 atom stereocenters. The van der Waals surface area contributed by atoms with Gasteiger partial charge < -0.3 is 10.1 Å². The van der Waals surface area contributed by atoms with E-state index in [2.05, 4.69) is 30.8 Å². The Kier molecular flexibility index (Phi) is 6.52. The van der Waals surface area contributed by atoms with Crippen LogP contribution in [0.3, 0.4) is 0 Å². The molecule has 0 fully saturated rings. The van der Waals surface area contributed by atoms with Crippen molar-refractivity contribution >= 4 is 15.9 Å². The van der Waals surface area contributed by atoms with Gasteiger partial charge in [0.2, 0.25) is 15.9 Å². The molecule has 0 spiro atoms. The minimum absolute atomic E-state index is 0.0447. The Morgan fingerprint density at radius 1 is 1.18 bits per heavy atom. The van der Waals surface area contributed by atoms with E-state index in [-0.39, 0.29) is 16.9 Å². The van der Waals surface area contributed by atoms with Gasteiger partial charge >= 0.3 is 0 Å². The fourth-order valence-electron chi connectivity index (χ4n) is 1.73. The standard InChI is InChI=1S/C15H24N2O4S/c1-15(2,3)12-5-7-13(8-6-12)22(19,20)17-11-14(18)16-9-10-21-4/h5-8,17H,9-11H2,1-4H3,(H,16,18). The molecule has 0 saturated carbocycles. The number of sulfonamides is 1. The lowest BCUT2D eigenvalue weighted by Gasteiger charge is -2.19. The number of amides is 1. The molecule has 6 nitrogen and oxygen atoms in total. The second-order valence-corrected chi connectivity index (χ2v) is 7.71. The highest BCUT2D eigenvalue weighted by molar-refractivity contribution is 7.89. The van der Waals surface area contributed by atoms with Crippen molar-refractivity contribution in [3.05, 3.63) is 29.8 Å². The summed E-state index contributed by atoms with van der Waals surface area (Å²) in [5, 5.41) is 2.55. The molecule has 2 N–H and O–H groups in total. The number of nitrogens with one attached hydrogen (secondary N) is 2. The van der Waals surface area contributed by atoms with E-state index in [1.54, 1.807) is 24.3 Å². The molecule has 0 aliphatic heterocycles. The van der Waals surface area contributed by atoms with E-state index in [1.807, 2.05) is 0 Å². The third-order valence-electron chi connectivity index (χ3n) is 3.08. The van der Waals surface area contributed by atoms with Gasteiger partial charge in [0, 0.05) is 13.7 Å².